The molecule has 0 aliphatic carbocycles. The van der Waals surface area contributed by atoms with Gasteiger partial charge in [-0.1, -0.05) is 54.4 Å². The Bertz CT molecular complexity index is 1330. The fourth-order valence-electron chi connectivity index (χ4n) is 3.80. The zero-order valence-corrected chi connectivity index (χ0v) is 19.9. The number of halogens is 1. The monoisotopic (exact) mass is 473 g/mol. The quantitative estimate of drug-likeness (QED) is 0.460. The lowest BCUT2D eigenvalue weighted by atomic mass is 10.1. The van der Waals surface area contributed by atoms with E-state index in [9.17, 15) is 14.4 Å². The molecule has 1 aliphatic rings. The first-order chi connectivity index (χ1) is 16.3. The highest BCUT2D eigenvalue weighted by molar-refractivity contribution is 6.53. The first-order valence-electron chi connectivity index (χ1n) is 10.9. The first kappa shape index (κ1) is 23.3. The van der Waals surface area contributed by atoms with E-state index in [-0.39, 0.29) is 16.6 Å². The van der Waals surface area contributed by atoms with Gasteiger partial charge in [-0.2, -0.15) is 0 Å². The number of anilines is 3. The molecule has 0 bridgehead atoms. The second-order valence-corrected chi connectivity index (χ2v) is 8.51. The summed E-state index contributed by atoms with van der Waals surface area (Å²) in [4.78, 5) is 39.7. The van der Waals surface area contributed by atoms with Crippen LogP contribution < -0.4 is 15.5 Å². The van der Waals surface area contributed by atoms with Crippen LogP contribution in [-0.2, 0) is 16.0 Å². The van der Waals surface area contributed by atoms with Crippen molar-refractivity contribution in [3.05, 3.63) is 99.7 Å². The number of carbonyl (C=O) groups is 3. The highest BCUT2D eigenvalue weighted by Gasteiger charge is 2.39. The fraction of sp³-hybridized carbons (Fsp3) is 0.148. The summed E-state index contributed by atoms with van der Waals surface area (Å²) >= 11 is 6.26. The Balaban J connectivity index is 1.53. The van der Waals surface area contributed by atoms with Gasteiger partial charge in [0.15, 0.2) is 0 Å². The van der Waals surface area contributed by atoms with Crippen molar-refractivity contribution < 1.29 is 14.4 Å². The predicted molar refractivity (Wildman–Crippen MR) is 135 cm³/mol. The topological polar surface area (TPSA) is 78.5 Å². The molecule has 6 nitrogen and oxygen atoms in total. The second kappa shape index (κ2) is 9.53. The molecule has 3 aromatic carbocycles. The van der Waals surface area contributed by atoms with E-state index in [4.69, 9.17) is 11.6 Å². The normalized spacial score (nSPS) is 13.5. The van der Waals surface area contributed by atoms with E-state index < -0.39 is 11.8 Å². The van der Waals surface area contributed by atoms with E-state index in [1.165, 1.54) is 5.56 Å². The van der Waals surface area contributed by atoms with Gasteiger partial charge in [0.05, 0.1) is 5.69 Å². The molecular formula is C27H24ClN3O3. The average molecular weight is 474 g/mol. The Hall–Kier alpha value is -3.90. The standard InChI is InChI=1S/C27H24ClN3O3/c1-4-18-9-11-20(12-10-18)30-25(32)19-6-5-7-21(15-19)29-24-23(28)26(33)31(27(24)34)22-13-8-16(2)14-17(22)3/h5-15,29H,4H2,1-3H3,(H,30,32). The average Bonchev–Trinajstić information content (AvgIpc) is 3.03. The third kappa shape index (κ3) is 4.58. The largest absolute Gasteiger partial charge is 0.350 e. The summed E-state index contributed by atoms with van der Waals surface area (Å²) in [6.07, 6.45) is 0.919. The minimum Gasteiger partial charge on any atom is -0.350 e. The summed E-state index contributed by atoms with van der Waals surface area (Å²) < 4.78 is 0. The van der Waals surface area contributed by atoms with Gasteiger partial charge in [0, 0.05) is 16.9 Å². The van der Waals surface area contributed by atoms with Gasteiger partial charge in [-0.05, 0) is 67.8 Å². The van der Waals surface area contributed by atoms with Gasteiger partial charge in [0.2, 0.25) is 0 Å². The van der Waals surface area contributed by atoms with Crippen molar-refractivity contribution in [3.63, 3.8) is 0 Å². The van der Waals surface area contributed by atoms with Gasteiger partial charge in [-0.15, -0.1) is 0 Å². The summed E-state index contributed by atoms with van der Waals surface area (Å²) in [5, 5.41) is 5.59. The molecule has 172 valence electrons. The molecule has 34 heavy (non-hydrogen) atoms. The number of carbonyl (C=O) groups excluding carboxylic acids is 3. The Morgan fingerprint density at radius 1 is 0.912 bits per heavy atom. The number of nitrogens with zero attached hydrogens (tertiary/aromatic N) is 1. The molecule has 0 aromatic heterocycles. The van der Waals surface area contributed by atoms with Crippen LogP contribution in [0.5, 0.6) is 0 Å². The van der Waals surface area contributed by atoms with Crippen LogP contribution in [0.15, 0.2) is 77.5 Å². The molecule has 3 amide bonds. The van der Waals surface area contributed by atoms with Crippen molar-refractivity contribution in [3.8, 4) is 0 Å². The molecule has 0 saturated carbocycles. The maximum absolute atomic E-state index is 13.1. The van der Waals surface area contributed by atoms with Crippen LogP contribution in [0, 0.1) is 13.8 Å². The van der Waals surface area contributed by atoms with Crippen LogP contribution in [0.2, 0.25) is 0 Å². The van der Waals surface area contributed by atoms with Crippen molar-refractivity contribution in [1.82, 2.24) is 0 Å². The van der Waals surface area contributed by atoms with E-state index >= 15 is 0 Å². The number of nitrogens with one attached hydrogen (secondary N) is 2. The number of benzene rings is 3. The molecule has 7 heteroatoms. The number of amides is 3. The molecule has 1 heterocycles. The number of aryl methyl sites for hydroxylation is 3. The minimum atomic E-state index is -0.592. The molecule has 0 radical (unpaired) electrons. The maximum atomic E-state index is 13.1. The number of imide groups is 1. The Labute approximate surface area is 203 Å². The van der Waals surface area contributed by atoms with E-state index in [2.05, 4.69) is 17.6 Å². The number of hydrogen-bond acceptors (Lipinski definition) is 4. The summed E-state index contributed by atoms with van der Waals surface area (Å²) in [6, 6.07) is 19.8. The SMILES string of the molecule is CCc1ccc(NC(=O)c2cccc(NC3=C(Cl)C(=O)N(c4ccc(C)cc4C)C3=O)c2)cc1. The number of rotatable bonds is 6. The minimum absolute atomic E-state index is 0.0284. The van der Waals surface area contributed by atoms with Gasteiger partial charge >= 0.3 is 0 Å². The molecular weight excluding hydrogens is 450 g/mol. The van der Waals surface area contributed by atoms with Crippen molar-refractivity contribution in [1.29, 1.82) is 0 Å². The van der Waals surface area contributed by atoms with E-state index in [0.29, 0.717) is 22.6 Å². The van der Waals surface area contributed by atoms with Crippen LogP contribution in [0.25, 0.3) is 0 Å². The molecule has 0 fully saturated rings. The smallest absolute Gasteiger partial charge is 0.283 e. The molecule has 1 aliphatic heterocycles. The van der Waals surface area contributed by atoms with Crippen LogP contribution in [0.4, 0.5) is 17.1 Å². The second-order valence-electron chi connectivity index (χ2n) is 8.14. The Morgan fingerprint density at radius 2 is 1.65 bits per heavy atom. The summed E-state index contributed by atoms with van der Waals surface area (Å²) in [7, 11) is 0. The molecule has 0 saturated heterocycles. The van der Waals surface area contributed by atoms with Gasteiger partial charge in [0.25, 0.3) is 17.7 Å². The van der Waals surface area contributed by atoms with Crippen LogP contribution in [0.3, 0.4) is 0 Å². The van der Waals surface area contributed by atoms with Crippen molar-refractivity contribution >= 4 is 46.4 Å². The number of hydrogen-bond donors (Lipinski definition) is 2. The van der Waals surface area contributed by atoms with Crippen LogP contribution >= 0.6 is 11.6 Å². The zero-order valence-electron chi connectivity index (χ0n) is 19.1. The third-order valence-electron chi connectivity index (χ3n) is 5.63. The highest BCUT2D eigenvalue weighted by atomic mass is 35.5. The molecule has 0 spiro atoms. The lowest BCUT2D eigenvalue weighted by molar-refractivity contribution is -0.120. The maximum Gasteiger partial charge on any atom is 0.283 e. The first-order valence-corrected chi connectivity index (χ1v) is 11.3. The van der Waals surface area contributed by atoms with Crippen molar-refractivity contribution in [2.24, 2.45) is 0 Å². The van der Waals surface area contributed by atoms with Gasteiger partial charge in [-0.25, -0.2) is 4.90 Å². The zero-order chi connectivity index (χ0) is 24.4. The molecule has 0 atom stereocenters. The molecule has 2 N–H and O–H groups in total. The lowest BCUT2D eigenvalue weighted by Crippen LogP contribution is -2.32. The summed E-state index contributed by atoms with van der Waals surface area (Å²) in [5.41, 5.74) is 4.99. The highest BCUT2D eigenvalue weighted by Crippen LogP contribution is 2.32. The summed E-state index contributed by atoms with van der Waals surface area (Å²) in [6.45, 7) is 5.84. The van der Waals surface area contributed by atoms with Crippen LogP contribution in [0.1, 0.15) is 34.0 Å². The molecule has 3 aromatic rings. The summed E-state index contributed by atoms with van der Waals surface area (Å²) in [5.74, 6) is -1.43. The fourth-order valence-corrected chi connectivity index (χ4v) is 4.01. The van der Waals surface area contributed by atoms with Crippen molar-refractivity contribution in [2.75, 3.05) is 15.5 Å². The lowest BCUT2D eigenvalue weighted by Gasteiger charge is -2.18. The van der Waals surface area contributed by atoms with E-state index in [1.807, 2.05) is 50.2 Å². The van der Waals surface area contributed by atoms with Gasteiger partial charge < -0.3 is 10.6 Å². The van der Waals surface area contributed by atoms with Gasteiger partial charge in [-0.3, -0.25) is 14.4 Å². The molecule has 4 rings (SSSR count). The molecule has 0 unspecified atom stereocenters. The van der Waals surface area contributed by atoms with E-state index in [1.54, 1.807) is 30.3 Å². The third-order valence-corrected chi connectivity index (χ3v) is 5.99. The Morgan fingerprint density at radius 3 is 2.32 bits per heavy atom. The predicted octanol–water partition coefficient (Wildman–Crippen LogP) is 5.55. The van der Waals surface area contributed by atoms with E-state index in [0.717, 1.165) is 22.4 Å². The van der Waals surface area contributed by atoms with Gasteiger partial charge in [0.1, 0.15) is 10.7 Å². The van der Waals surface area contributed by atoms with Crippen LogP contribution in [-0.4, -0.2) is 17.7 Å². The van der Waals surface area contributed by atoms with Crippen molar-refractivity contribution in [2.45, 2.75) is 27.2 Å². The Kier molecular flexibility index (Phi) is 6.52.